The highest BCUT2D eigenvalue weighted by molar-refractivity contribution is 7.92. The second-order valence-electron chi connectivity index (χ2n) is 4.92. The van der Waals surface area contributed by atoms with E-state index >= 15 is 0 Å². The van der Waals surface area contributed by atoms with Crippen LogP contribution in [-0.2, 0) is 10.0 Å². The molecule has 0 saturated heterocycles. The van der Waals surface area contributed by atoms with Gasteiger partial charge in [0.25, 0.3) is 0 Å². The smallest absolute Gasteiger partial charge is 0.235 e. The Morgan fingerprint density at radius 1 is 1.37 bits per heavy atom. The van der Waals surface area contributed by atoms with E-state index in [1.165, 1.54) is 22.5 Å². The standard InChI is InChI=1S/C13H19FN2O2S/c14-12-3-1-4-13(9-12)16(8-2-7-15)19(17,18)10-11-5-6-11/h1,3-4,9,11H,2,5-8,10,15H2. The van der Waals surface area contributed by atoms with Crippen molar-refractivity contribution in [1.29, 1.82) is 0 Å². The Bertz CT molecular complexity index is 529. The molecule has 19 heavy (non-hydrogen) atoms. The monoisotopic (exact) mass is 286 g/mol. The summed E-state index contributed by atoms with van der Waals surface area (Å²) in [6.45, 7) is 0.708. The SMILES string of the molecule is NCCCN(c1cccc(F)c1)S(=O)(=O)CC1CC1. The Kier molecular flexibility index (Phi) is 4.42. The van der Waals surface area contributed by atoms with Crippen LogP contribution in [0.5, 0.6) is 0 Å². The predicted molar refractivity (Wildman–Crippen MR) is 73.9 cm³/mol. The fourth-order valence-electron chi connectivity index (χ4n) is 1.97. The van der Waals surface area contributed by atoms with E-state index in [0.717, 1.165) is 12.8 Å². The molecular weight excluding hydrogens is 267 g/mol. The molecule has 1 aromatic rings. The van der Waals surface area contributed by atoms with Crippen LogP contribution in [0.3, 0.4) is 0 Å². The van der Waals surface area contributed by atoms with Crippen molar-refractivity contribution in [1.82, 2.24) is 0 Å². The maximum absolute atomic E-state index is 13.3. The van der Waals surface area contributed by atoms with Gasteiger partial charge in [-0.3, -0.25) is 4.31 Å². The number of hydrogen-bond acceptors (Lipinski definition) is 3. The largest absolute Gasteiger partial charge is 0.330 e. The van der Waals surface area contributed by atoms with Gasteiger partial charge >= 0.3 is 0 Å². The zero-order chi connectivity index (χ0) is 13.9. The molecule has 0 atom stereocenters. The van der Waals surface area contributed by atoms with E-state index in [0.29, 0.717) is 25.2 Å². The minimum Gasteiger partial charge on any atom is -0.330 e. The maximum Gasteiger partial charge on any atom is 0.235 e. The Balaban J connectivity index is 2.23. The van der Waals surface area contributed by atoms with Crippen molar-refractivity contribution in [2.24, 2.45) is 11.7 Å². The summed E-state index contributed by atoms with van der Waals surface area (Å²) in [5, 5.41) is 0. The molecular formula is C13H19FN2O2S. The molecule has 0 aliphatic heterocycles. The van der Waals surface area contributed by atoms with Crippen LogP contribution in [-0.4, -0.2) is 27.3 Å². The van der Waals surface area contributed by atoms with E-state index in [4.69, 9.17) is 5.73 Å². The lowest BCUT2D eigenvalue weighted by molar-refractivity contribution is 0.585. The number of anilines is 1. The summed E-state index contributed by atoms with van der Waals surface area (Å²) < 4.78 is 39.3. The second-order valence-corrected chi connectivity index (χ2v) is 6.85. The van der Waals surface area contributed by atoms with E-state index in [9.17, 15) is 12.8 Å². The van der Waals surface area contributed by atoms with E-state index in [1.807, 2.05) is 0 Å². The quantitative estimate of drug-likeness (QED) is 0.830. The first-order chi connectivity index (χ1) is 9.03. The van der Waals surface area contributed by atoms with Crippen molar-refractivity contribution in [2.75, 3.05) is 23.1 Å². The molecule has 1 aliphatic rings. The van der Waals surface area contributed by atoms with E-state index in [2.05, 4.69) is 0 Å². The van der Waals surface area contributed by atoms with Crippen LogP contribution in [0.25, 0.3) is 0 Å². The minimum atomic E-state index is -3.39. The summed E-state index contributed by atoms with van der Waals surface area (Å²) in [5.74, 6) is -0.0236. The Hall–Kier alpha value is -1.14. The van der Waals surface area contributed by atoms with Gasteiger partial charge in [-0.1, -0.05) is 6.07 Å². The van der Waals surface area contributed by atoms with Crippen LogP contribution in [0, 0.1) is 11.7 Å². The molecule has 0 aromatic heterocycles. The summed E-state index contributed by atoms with van der Waals surface area (Å²) >= 11 is 0. The van der Waals surface area contributed by atoms with Crippen LogP contribution in [0.15, 0.2) is 24.3 Å². The maximum atomic E-state index is 13.3. The zero-order valence-electron chi connectivity index (χ0n) is 10.8. The number of halogens is 1. The number of nitrogens with zero attached hydrogens (tertiary/aromatic N) is 1. The van der Waals surface area contributed by atoms with E-state index in [1.54, 1.807) is 6.07 Å². The molecule has 0 unspecified atom stereocenters. The van der Waals surface area contributed by atoms with Gasteiger partial charge in [0, 0.05) is 6.54 Å². The first-order valence-corrected chi connectivity index (χ1v) is 8.10. The second kappa shape index (κ2) is 5.88. The number of rotatable bonds is 7. The average molecular weight is 286 g/mol. The van der Waals surface area contributed by atoms with Crippen molar-refractivity contribution in [3.63, 3.8) is 0 Å². The Morgan fingerprint density at radius 3 is 2.68 bits per heavy atom. The van der Waals surface area contributed by atoms with Crippen LogP contribution in [0.4, 0.5) is 10.1 Å². The summed E-state index contributed by atoms with van der Waals surface area (Å²) in [4.78, 5) is 0. The molecule has 2 N–H and O–H groups in total. The molecule has 106 valence electrons. The highest BCUT2D eigenvalue weighted by atomic mass is 32.2. The summed E-state index contributed by atoms with van der Waals surface area (Å²) in [6, 6.07) is 5.69. The highest BCUT2D eigenvalue weighted by Gasteiger charge is 2.32. The van der Waals surface area contributed by atoms with Gasteiger partial charge in [-0.05, 0) is 49.9 Å². The van der Waals surface area contributed by atoms with Crippen molar-refractivity contribution >= 4 is 15.7 Å². The third kappa shape index (κ3) is 3.91. The normalized spacial score (nSPS) is 15.5. The van der Waals surface area contributed by atoms with Gasteiger partial charge in [-0.25, -0.2) is 12.8 Å². The molecule has 0 spiro atoms. The van der Waals surface area contributed by atoms with Gasteiger partial charge in [-0.2, -0.15) is 0 Å². The van der Waals surface area contributed by atoms with Gasteiger partial charge in [-0.15, -0.1) is 0 Å². The lowest BCUT2D eigenvalue weighted by Crippen LogP contribution is -2.35. The minimum absolute atomic E-state index is 0.147. The van der Waals surface area contributed by atoms with Crippen molar-refractivity contribution in [2.45, 2.75) is 19.3 Å². The fourth-order valence-corrected chi connectivity index (χ4v) is 3.92. The molecule has 0 heterocycles. The molecule has 1 aromatic carbocycles. The Labute approximate surface area is 113 Å². The van der Waals surface area contributed by atoms with Crippen LogP contribution in [0.1, 0.15) is 19.3 Å². The summed E-state index contributed by atoms with van der Waals surface area (Å²) in [7, 11) is -3.39. The van der Waals surface area contributed by atoms with Crippen molar-refractivity contribution in [3.8, 4) is 0 Å². The van der Waals surface area contributed by atoms with Gasteiger partial charge in [0.1, 0.15) is 5.82 Å². The fraction of sp³-hybridized carbons (Fsp3) is 0.538. The number of sulfonamides is 1. The third-order valence-corrected chi connectivity index (χ3v) is 5.10. The summed E-state index contributed by atoms with van der Waals surface area (Å²) in [6.07, 6.45) is 2.49. The van der Waals surface area contributed by atoms with Gasteiger partial charge in [0.15, 0.2) is 0 Å². The first kappa shape index (κ1) is 14.3. The number of nitrogens with two attached hydrogens (primary N) is 1. The van der Waals surface area contributed by atoms with Crippen LogP contribution < -0.4 is 10.0 Å². The lowest BCUT2D eigenvalue weighted by Gasteiger charge is -2.24. The van der Waals surface area contributed by atoms with Crippen LogP contribution >= 0.6 is 0 Å². The molecule has 0 bridgehead atoms. The average Bonchev–Trinajstić information content (AvgIpc) is 3.12. The topological polar surface area (TPSA) is 63.4 Å². The molecule has 6 heteroatoms. The van der Waals surface area contributed by atoms with E-state index < -0.39 is 15.8 Å². The predicted octanol–water partition coefficient (Wildman–Crippen LogP) is 1.72. The van der Waals surface area contributed by atoms with E-state index in [-0.39, 0.29) is 11.7 Å². The molecule has 0 amide bonds. The molecule has 1 saturated carbocycles. The van der Waals surface area contributed by atoms with Crippen molar-refractivity contribution < 1.29 is 12.8 Å². The molecule has 1 aliphatic carbocycles. The Morgan fingerprint density at radius 2 is 2.11 bits per heavy atom. The molecule has 0 radical (unpaired) electrons. The number of benzene rings is 1. The van der Waals surface area contributed by atoms with Gasteiger partial charge in [0.2, 0.25) is 10.0 Å². The number of hydrogen-bond donors (Lipinski definition) is 1. The third-order valence-electron chi connectivity index (χ3n) is 3.14. The first-order valence-electron chi connectivity index (χ1n) is 6.49. The van der Waals surface area contributed by atoms with Gasteiger partial charge < -0.3 is 5.73 Å². The summed E-state index contributed by atoms with van der Waals surface area (Å²) in [5.41, 5.74) is 5.83. The molecule has 4 nitrogen and oxygen atoms in total. The van der Waals surface area contributed by atoms with Gasteiger partial charge in [0.05, 0.1) is 11.4 Å². The van der Waals surface area contributed by atoms with Crippen LogP contribution in [0.2, 0.25) is 0 Å². The zero-order valence-corrected chi connectivity index (χ0v) is 11.6. The molecule has 1 fully saturated rings. The molecule has 2 rings (SSSR count). The lowest BCUT2D eigenvalue weighted by atomic mass is 10.3. The van der Waals surface area contributed by atoms with Crippen molar-refractivity contribution in [3.05, 3.63) is 30.1 Å². The highest BCUT2D eigenvalue weighted by Crippen LogP contribution is 2.32.